The van der Waals surface area contributed by atoms with Crippen LogP contribution in [0.25, 0.3) is 17.1 Å². The third-order valence-electron chi connectivity index (χ3n) is 5.66. The molecule has 5 rings (SSSR count). The van der Waals surface area contributed by atoms with Gasteiger partial charge in [-0.25, -0.2) is 19.0 Å². The monoisotopic (exact) mass is 419 g/mol. The molecule has 0 bridgehead atoms. The highest BCUT2D eigenvalue weighted by atomic mass is 19.1. The number of anilines is 2. The highest BCUT2D eigenvalue weighted by Gasteiger charge is 2.19. The van der Waals surface area contributed by atoms with Crippen molar-refractivity contribution in [2.24, 2.45) is 0 Å². The van der Waals surface area contributed by atoms with Crippen molar-refractivity contribution >= 4 is 11.6 Å². The van der Waals surface area contributed by atoms with Crippen molar-refractivity contribution in [1.82, 2.24) is 29.9 Å². The van der Waals surface area contributed by atoms with Gasteiger partial charge in [-0.3, -0.25) is 15.0 Å². The summed E-state index contributed by atoms with van der Waals surface area (Å²) in [5.74, 6) is 1.35. The van der Waals surface area contributed by atoms with Gasteiger partial charge in [0.2, 0.25) is 0 Å². The molecule has 4 aromatic rings. The average molecular weight is 419 g/mol. The molecule has 0 amide bonds. The van der Waals surface area contributed by atoms with Crippen molar-refractivity contribution in [3.8, 4) is 17.1 Å². The number of rotatable bonds is 5. The fraction of sp³-hybridized carbons (Fsp3) is 0.273. The zero-order chi connectivity index (χ0) is 21.4. The van der Waals surface area contributed by atoms with Crippen molar-refractivity contribution in [1.29, 1.82) is 0 Å². The first-order chi connectivity index (χ1) is 15.1. The topological polar surface area (TPSA) is 104 Å². The SMILES string of the molecule is CCc1c(Nc2cc(-n3[nH]c4c(c3=O)CCCC4)ncn2)n[nH]c1-c1ccc(F)cc1. The largest absolute Gasteiger partial charge is 0.323 e. The summed E-state index contributed by atoms with van der Waals surface area (Å²) in [7, 11) is 0. The standard InChI is InChI=1S/C22H22FN7O/c1-2-15-20(13-7-9-14(23)10-8-13)27-28-21(15)26-18-11-19(25-12-24-18)30-22(31)16-5-3-4-6-17(16)29-30/h7-12,29H,2-6H2,1H3,(H2,24,25,26,27,28). The highest BCUT2D eigenvalue weighted by Crippen LogP contribution is 2.29. The summed E-state index contributed by atoms with van der Waals surface area (Å²) in [6.07, 6.45) is 5.93. The maximum atomic E-state index is 13.3. The number of hydrogen-bond donors (Lipinski definition) is 3. The van der Waals surface area contributed by atoms with Crippen molar-refractivity contribution in [3.05, 3.63) is 69.7 Å². The second-order valence-corrected chi connectivity index (χ2v) is 7.59. The van der Waals surface area contributed by atoms with E-state index < -0.39 is 0 Å². The molecule has 0 saturated heterocycles. The van der Waals surface area contributed by atoms with Crippen LogP contribution in [0.15, 0.2) is 41.5 Å². The summed E-state index contributed by atoms with van der Waals surface area (Å²) in [6.45, 7) is 2.03. The molecule has 8 nitrogen and oxygen atoms in total. The molecule has 0 atom stereocenters. The predicted octanol–water partition coefficient (Wildman–Crippen LogP) is 3.67. The second-order valence-electron chi connectivity index (χ2n) is 7.59. The molecule has 0 fully saturated rings. The Morgan fingerprint density at radius 2 is 1.97 bits per heavy atom. The Hall–Kier alpha value is -3.75. The zero-order valence-corrected chi connectivity index (χ0v) is 17.1. The van der Waals surface area contributed by atoms with E-state index in [1.54, 1.807) is 18.2 Å². The van der Waals surface area contributed by atoms with Crippen molar-refractivity contribution in [2.45, 2.75) is 39.0 Å². The maximum Gasteiger partial charge on any atom is 0.276 e. The number of hydrogen-bond acceptors (Lipinski definition) is 5. The lowest BCUT2D eigenvalue weighted by atomic mass is 9.98. The van der Waals surface area contributed by atoms with Crippen molar-refractivity contribution < 1.29 is 4.39 Å². The van der Waals surface area contributed by atoms with Gasteiger partial charge in [-0.15, -0.1) is 0 Å². The maximum absolute atomic E-state index is 13.3. The van der Waals surface area contributed by atoms with Gasteiger partial charge in [0.15, 0.2) is 11.6 Å². The van der Waals surface area contributed by atoms with Gasteiger partial charge in [0.25, 0.3) is 5.56 Å². The van der Waals surface area contributed by atoms with Crippen LogP contribution in [-0.4, -0.2) is 29.9 Å². The van der Waals surface area contributed by atoms with Gasteiger partial charge in [-0.05, 0) is 56.4 Å². The molecule has 0 radical (unpaired) electrons. The van der Waals surface area contributed by atoms with Gasteiger partial charge < -0.3 is 5.32 Å². The van der Waals surface area contributed by atoms with E-state index >= 15 is 0 Å². The number of benzene rings is 1. The quantitative estimate of drug-likeness (QED) is 0.458. The Kier molecular flexibility index (Phi) is 4.85. The lowest BCUT2D eigenvalue weighted by molar-refractivity contribution is 0.628. The van der Waals surface area contributed by atoms with Gasteiger partial charge >= 0.3 is 0 Å². The molecule has 3 aromatic heterocycles. The number of aromatic amines is 2. The number of aryl methyl sites for hydroxylation is 1. The molecule has 31 heavy (non-hydrogen) atoms. The van der Waals surface area contributed by atoms with Gasteiger partial charge in [0.05, 0.1) is 5.69 Å². The zero-order valence-electron chi connectivity index (χ0n) is 17.1. The molecule has 3 N–H and O–H groups in total. The fourth-order valence-electron chi connectivity index (χ4n) is 4.07. The fourth-order valence-corrected chi connectivity index (χ4v) is 4.07. The van der Waals surface area contributed by atoms with Crippen LogP contribution in [0.4, 0.5) is 16.0 Å². The third-order valence-corrected chi connectivity index (χ3v) is 5.66. The normalized spacial score (nSPS) is 13.2. The molecule has 0 saturated carbocycles. The number of nitrogens with zero attached hydrogens (tertiary/aromatic N) is 4. The summed E-state index contributed by atoms with van der Waals surface area (Å²) in [5, 5.41) is 13.8. The minimum Gasteiger partial charge on any atom is -0.323 e. The summed E-state index contributed by atoms with van der Waals surface area (Å²) in [4.78, 5) is 21.3. The number of fused-ring (bicyclic) bond motifs is 1. The molecule has 0 spiro atoms. The molecular weight excluding hydrogens is 397 g/mol. The molecule has 3 heterocycles. The molecule has 1 aliphatic rings. The van der Waals surface area contributed by atoms with E-state index in [4.69, 9.17) is 0 Å². The average Bonchev–Trinajstić information content (AvgIpc) is 3.35. The van der Waals surface area contributed by atoms with E-state index in [1.165, 1.54) is 23.1 Å². The Morgan fingerprint density at radius 1 is 1.16 bits per heavy atom. The Morgan fingerprint density at radius 3 is 2.74 bits per heavy atom. The first-order valence-corrected chi connectivity index (χ1v) is 10.4. The Balaban J connectivity index is 1.46. The third kappa shape index (κ3) is 3.52. The number of H-pyrrole nitrogens is 2. The number of aromatic nitrogens is 6. The van der Waals surface area contributed by atoms with E-state index in [0.717, 1.165) is 53.8 Å². The molecule has 158 valence electrons. The Labute approximate surface area is 177 Å². The van der Waals surface area contributed by atoms with Crippen molar-refractivity contribution in [2.75, 3.05) is 5.32 Å². The van der Waals surface area contributed by atoms with Gasteiger partial charge in [0.1, 0.15) is 18.0 Å². The van der Waals surface area contributed by atoms with Crippen molar-refractivity contribution in [3.63, 3.8) is 0 Å². The van der Waals surface area contributed by atoms with E-state index in [2.05, 4.69) is 30.6 Å². The lowest BCUT2D eigenvalue weighted by Gasteiger charge is -2.08. The lowest BCUT2D eigenvalue weighted by Crippen LogP contribution is -2.19. The van der Waals surface area contributed by atoms with Gasteiger partial charge in [-0.2, -0.15) is 5.10 Å². The van der Waals surface area contributed by atoms with Gasteiger partial charge in [-0.1, -0.05) is 6.92 Å². The van der Waals surface area contributed by atoms with E-state index in [0.29, 0.717) is 23.9 Å². The minimum atomic E-state index is -0.283. The summed E-state index contributed by atoms with van der Waals surface area (Å²) in [6, 6.07) is 8.00. The van der Waals surface area contributed by atoms with Crippen LogP contribution >= 0.6 is 0 Å². The summed E-state index contributed by atoms with van der Waals surface area (Å²) >= 11 is 0. The molecular formula is C22H22FN7O. The van der Waals surface area contributed by atoms with Crippen LogP contribution in [0.1, 0.15) is 36.6 Å². The molecule has 1 aromatic carbocycles. The summed E-state index contributed by atoms with van der Waals surface area (Å²) < 4.78 is 14.8. The van der Waals surface area contributed by atoms with E-state index in [1.807, 2.05) is 6.92 Å². The van der Waals surface area contributed by atoms with Crippen LogP contribution in [0.2, 0.25) is 0 Å². The minimum absolute atomic E-state index is 0.0491. The highest BCUT2D eigenvalue weighted by molar-refractivity contribution is 5.71. The smallest absolute Gasteiger partial charge is 0.276 e. The molecule has 1 aliphatic carbocycles. The van der Waals surface area contributed by atoms with Crippen LogP contribution in [0.3, 0.4) is 0 Å². The molecule has 0 aliphatic heterocycles. The van der Waals surface area contributed by atoms with Crippen LogP contribution in [0, 0.1) is 5.82 Å². The predicted molar refractivity (Wildman–Crippen MR) is 115 cm³/mol. The number of halogens is 1. The Bertz CT molecular complexity index is 1290. The first kappa shape index (κ1) is 19.2. The van der Waals surface area contributed by atoms with Crippen LogP contribution in [0.5, 0.6) is 0 Å². The molecule has 0 unspecified atom stereocenters. The second kappa shape index (κ2) is 7.82. The molecule has 9 heteroatoms. The van der Waals surface area contributed by atoms with Gasteiger partial charge in [0, 0.05) is 28.5 Å². The summed E-state index contributed by atoms with van der Waals surface area (Å²) in [5.41, 5.74) is 4.43. The number of nitrogens with one attached hydrogen (secondary N) is 3. The van der Waals surface area contributed by atoms with Crippen LogP contribution in [-0.2, 0) is 19.3 Å². The first-order valence-electron chi connectivity index (χ1n) is 10.4. The van der Waals surface area contributed by atoms with E-state index in [9.17, 15) is 9.18 Å². The van der Waals surface area contributed by atoms with Crippen LogP contribution < -0.4 is 10.9 Å². The van der Waals surface area contributed by atoms with E-state index in [-0.39, 0.29) is 11.4 Å².